The topological polar surface area (TPSA) is 109 Å². The van der Waals surface area contributed by atoms with Gasteiger partial charge in [0.15, 0.2) is 0 Å². The Morgan fingerprint density at radius 2 is 1.79 bits per heavy atom. The van der Waals surface area contributed by atoms with Gasteiger partial charge >= 0.3 is 0 Å². The third kappa shape index (κ3) is 4.68. The summed E-state index contributed by atoms with van der Waals surface area (Å²) in [5, 5.41) is 2.64. The van der Waals surface area contributed by atoms with Crippen LogP contribution in [0.15, 0.2) is 71.3 Å². The lowest BCUT2D eigenvalue weighted by atomic mass is 10.1. The molecule has 4 rings (SSSR count). The van der Waals surface area contributed by atoms with Gasteiger partial charge in [0.05, 0.1) is 32.0 Å². The van der Waals surface area contributed by atoms with Gasteiger partial charge in [0, 0.05) is 18.2 Å². The van der Waals surface area contributed by atoms with E-state index in [0.717, 1.165) is 4.90 Å². The maximum absolute atomic E-state index is 13.4. The van der Waals surface area contributed by atoms with Crippen LogP contribution in [0, 0.1) is 0 Å². The number of anilines is 2. The van der Waals surface area contributed by atoms with Gasteiger partial charge in [0.25, 0.3) is 11.8 Å². The highest BCUT2D eigenvalue weighted by atomic mass is 16.5. The zero-order valence-electron chi connectivity index (χ0n) is 18.7. The van der Waals surface area contributed by atoms with Gasteiger partial charge in [0.2, 0.25) is 11.8 Å². The van der Waals surface area contributed by atoms with Crippen molar-refractivity contribution in [2.45, 2.75) is 25.9 Å². The molecule has 1 unspecified atom stereocenters. The van der Waals surface area contributed by atoms with E-state index in [1.54, 1.807) is 60.7 Å². The van der Waals surface area contributed by atoms with E-state index in [1.165, 1.54) is 25.2 Å². The molecule has 34 heavy (non-hydrogen) atoms. The number of rotatable bonds is 7. The summed E-state index contributed by atoms with van der Waals surface area (Å²) in [6.45, 7) is 1.41. The van der Waals surface area contributed by atoms with Gasteiger partial charge < -0.3 is 19.4 Å². The molecule has 1 saturated heterocycles. The molecule has 3 aromatic rings. The predicted molar refractivity (Wildman–Crippen MR) is 123 cm³/mol. The number of carbonyl (C=O) groups excluding carboxylic acids is 4. The van der Waals surface area contributed by atoms with Crippen molar-refractivity contribution < 1.29 is 28.3 Å². The molecule has 0 radical (unpaired) electrons. The smallest absolute Gasteiger partial charge is 0.257 e. The van der Waals surface area contributed by atoms with Crippen molar-refractivity contribution in [3.8, 4) is 5.75 Å². The number of nitrogens with one attached hydrogen (secondary N) is 1. The fourth-order valence-electron chi connectivity index (χ4n) is 3.82. The number of benzene rings is 2. The molecule has 4 amide bonds. The lowest BCUT2D eigenvalue weighted by Crippen LogP contribution is -2.45. The summed E-state index contributed by atoms with van der Waals surface area (Å²) in [6, 6.07) is 15.3. The highest BCUT2D eigenvalue weighted by molar-refractivity contribution is 6.23. The SMILES string of the molecule is COc1ccc(C(=O)N(Cc2ccco2)C2CC(=O)N(c3ccc(NC(C)=O)cc3)C2=O)cc1. The van der Waals surface area contributed by atoms with Crippen molar-refractivity contribution in [2.75, 3.05) is 17.3 Å². The van der Waals surface area contributed by atoms with Crippen molar-refractivity contribution in [2.24, 2.45) is 0 Å². The van der Waals surface area contributed by atoms with Crippen LogP contribution in [0.1, 0.15) is 29.5 Å². The molecule has 0 bridgehead atoms. The molecule has 2 heterocycles. The first-order chi connectivity index (χ1) is 16.4. The van der Waals surface area contributed by atoms with Crippen LogP contribution >= 0.6 is 0 Å². The van der Waals surface area contributed by atoms with Gasteiger partial charge in [-0.05, 0) is 60.7 Å². The Kier molecular flexibility index (Phi) is 6.44. The molecule has 9 nitrogen and oxygen atoms in total. The largest absolute Gasteiger partial charge is 0.497 e. The molecule has 1 aliphatic rings. The number of amides is 4. The molecule has 0 spiro atoms. The number of nitrogens with zero attached hydrogens (tertiary/aromatic N) is 2. The van der Waals surface area contributed by atoms with E-state index in [-0.39, 0.29) is 18.9 Å². The Labute approximate surface area is 195 Å². The third-order valence-corrected chi connectivity index (χ3v) is 5.45. The normalized spacial score (nSPS) is 15.4. The van der Waals surface area contributed by atoms with Crippen LogP contribution in [0.25, 0.3) is 0 Å². The van der Waals surface area contributed by atoms with E-state index < -0.39 is 23.8 Å². The number of methoxy groups -OCH3 is 1. The molecule has 1 aliphatic heterocycles. The first-order valence-electron chi connectivity index (χ1n) is 10.6. The zero-order chi connectivity index (χ0) is 24.2. The van der Waals surface area contributed by atoms with E-state index in [9.17, 15) is 19.2 Å². The van der Waals surface area contributed by atoms with E-state index in [4.69, 9.17) is 9.15 Å². The first-order valence-corrected chi connectivity index (χ1v) is 10.6. The summed E-state index contributed by atoms with van der Waals surface area (Å²) < 4.78 is 10.6. The fraction of sp³-hybridized carbons (Fsp3) is 0.200. The van der Waals surface area contributed by atoms with Crippen LogP contribution < -0.4 is 15.0 Å². The number of hydrogen-bond donors (Lipinski definition) is 1. The Morgan fingerprint density at radius 1 is 1.09 bits per heavy atom. The molecule has 0 aliphatic carbocycles. The number of ether oxygens (including phenoxy) is 1. The average Bonchev–Trinajstić information content (AvgIpc) is 3.45. The minimum Gasteiger partial charge on any atom is -0.497 e. The molecule has 174 valence electrons. The number of furan rings is 1. The molecule has 0 saturated carbocycles. The number of imide groups is 1. The predicted octanol–water partition coefficient (Wildman–Crippen LogP) is 3.22. The summed E-state index contributed by atoms with van der Waals surface area (Å²) in [4.78, 5) is 53.3. The zero-order valence-corrected chi connectivity index (χ0v) is 18.7. The monoisotopic (exact) mass is 461 g/mol. The van der Waals surface area contributed by atoms with Crippen LogP contribution in [0.3, 0.4) is 0 Å². The summed E-state index contributed by atoms with van der Waals surface area (Å²) >= 11 is 0. The van der Waals surface area contributed by atoms with Gasteiger partial charge in [-0.3, -0.25) is 19.2 Å². The van der Waals surface area contributed by atoms with Crippen molar-refractivity contribution in [3.63, 3.8) is 0 Å². The van der Waals surface area contributed by atoms with Crippen LogP contribution in [0.2, 0.25) is 0 Å². The van der Waals surface area contributed by atoms with Crippen molar-refractivity contribution >= 4 is 35.0 Å². The van der Waals surface area contributed by atoms with E-state index >= 15 is 0 Å². The van der Waals surface area contributed by atoms with Crippen LogP contribution in [-0.2, 0) is 20.9 Å². The van der Waals surface area contributed by atoms with Crippen molar-refractivity contribution in [1.82, 2.24) is 4.90 Å². The van der Waals surface area contributed by atoms with Gasteiger partial charge in [-0.25, -0.2) is 4.90 Å². The summed E-state index contributed by atoms with van der Waals surface area (Å²) in [5.41, 5.74) is 1.26. The minimum absolute atomic E-state index is 0.0247. The lowest BCUT2D eigenvalue weighted by molar-refractivity contribution is -0.122. The summed E-state index contributed by atoms with van der Waals surface area (Å²) in [5.74, 6) is -0.491. The quantitative estimate of drug-likeness (QED) is 0.541. The average molecular weight is 461 g/mol. The third-order valence-electron chi connectivity index (χ3n) is 5.45. The molecular formula is C25H23N3O6. The first kappa shape index (κ1) is 22.8. The van der Waals surface area contributed by atoms with E-state index in [1.807, 2.05) is 0 Å². The van der Waals surface area contributed by atoms with Crippen LogP contribution in [0.5, 0.6) is 5.75 Å². The molecule has 2 aromatic carbocycles. The summed E-state index contributed by atoms with van der Waals surface area (Å²) in [6.07, 6.45) is 1.32. The maximum atomic E-state index is 13.4. The standard InChI is InChI=1S/C25H23N3O6/c1-16(29)26-18-7-9-19(10-8-18)28-23(30)14-22(25(28)32)27(15-21-4-3-13-34-21)24(31)17-5-11-20(33-2)12-6-17/h3-13,22H,14-15H2,1-2H3,(H,26,29). The fourth-order valence-corrected chi connectivity index (χ4v) is 3.82. The van der Waals surface area contributed by atoms with Crippen LogP contribution in [0.4, 0.5) is 11.4 Å². The van der Waals surface area contributed by atoms with Gasteiger partial charge in [-0.1, -0.05) is 0 Å². The molecule has 9 heteroatoms. The molecule has 1 atom stereocenters. The second-order valence-electron chi connectivity index (χ2n) is 7.76. The second-order valence-corrected chi connectivity index (χ2v) is 7.76. The molecular weight excluding hydrogens is 438 g/mol. The second kappa shape index (κ2) is 9.62. The van der Waals surface area contributed by atoms with E-state index in [0.29, 0.717) is 28.4 Å². The Morgan fingerprint density at radius 3 is 2.38 bits per heavy atom. The molecule has 1 aromatic heterocycles. The van der Waals surface area contributed by atoms with Crippen LogP contribution in [-0.4, -0.2) is 41.7 Å². The lowest BCUT2D eigenvalue weighted by Gasteiger charge is -2.27. The number of carbonyl (C=O) groups is 4. The molecule has 1 fully saturated rings. The highest BCUT2D eigenvalue weighted by Crippen LogP contribution is 2.29. The van der Waals surface area contributed by atoms with Gasteiger partial charge in [-0.15, -0.1) is 0 Å². The van der Waals surface area contributed by atoms with Crippen molar-refractivity contribution in [3.05, 3.63) is 78.3 Å². The Balaban J connectivity index is 1.62. The van der Waals surface area contributed by atoms with Gasteiger partial charge in [-0.2, -0.15) is 0 Å². The Bertz CT molecular complexity index is 1200. The maximum Gasteiger partial charge on any atom is 0.257 e. The highest BCUT2D eigenvalue weighted by Gasteiger charge is 2.44. The molecule has 1 N–H and O–H groups in total. The van der Waals surface area contributed by atoms with E-state index in [2.05, 4.69) is 5.32 Å². The summed E-state index contributed by atoms with van der Waals surface area (Å²) in [7, 11) is 1.53. The number of hydrogen-bond acceptors (Lipinski definition) is 6. The minimum atomic E-state index is -0.998. The Hall–Kier alpha value is -4.40. The van der Waals surface area contributed by atoms with Gasteiger partial charge in [0.1, 0.15) is 17.6 Å². The van der Waals surface area contributed by atoms with Crippen molar-refractivity contribution in [1.29, 1.82) is 0 Å².